The molecule has 1 aromatic carbocycles. The van der Waals surface area contributed by atoms with Crippen molar-refractivity contribution in [3.63, 3.8) is 0 Å². The molecule has 0 aliphatic carbocycles. The molecule has 1 aliphatic heterocycles. The molecule has 2 aromatic rings. The van der Waals surface area contributed by atoms with Gasteiger partial charge in [0.05, 0.1) is 0 Å². The zero-order valence-corrected chi connectivity index (χ0v) is 11.6. The highest BCUT2D eigenvalue weighted by atomic mass is 32.1. The molecule has 3 nitrogen and oxygen atoms in total. The second-order valence-corrected chi connectivity index (χ2v) is 6.08. The van der Waals surface area contributed by atoms with Crippen LogP contribution < -0.4 is 10.6 Å². The number of hydrogen-bond acceptors (Lipinski definition) is 3. The van der Waals surface area contributed by atoms with Crippen molar-refractivity contribution in [1.82, 2.24) is 10.6 Å². The Morgan fingerprint density at radius 1 is 1.42 bits per heavy atom. The summed E-state index contributed by atoms with van der Waals surface area (Å²) < 4.78 is 1.30. The molecule has 3 rings (SSSR count). The number of amides is 1. The third-order valence-corrected chi connectivity index (χ3v) is 4.54. The third kappa shape index (κ3) is 3.14. The molecule has 2 N–H and O–H groups in total. The number of carbonyl (C=O) groups excluding carboxylic acids is 1. The van der Waals surface area contributed by atoms with E-state index in [2.05, 4.69) is 40.3 Å². The standard InChI is InChI=1S/C15H18N2OS/c18-15(8-12-3-5-16-9-12)17-10-11-1-2-14-13(7-11)4-6-19-14/h1-2,4,6-7,12,16H,3,5,8-10H2,(H,17,18)/t12-/m1/s1. The molecule has 1 aromatic heterocycles. The molecule has 0 radical (unpaired) electrons. The molecule has 1 amide bonds. The summed E-state index contributed by atoms with van der Waals surface area (Å²) in [5.41, 5.74) is 1.17. The molecule has 0 spiro atoms. The summed E-state index contributed by atoms with van der Waals surface area (Å²) in [6.45, 7) is 2.66. The van der Waals surface area contributed by atoms with E-state index in [0.29, 0.717) is 18.9 Å². The van der Waals surface area contributed by atoms with Crippen molar-refractivity contribution < 1.29 is 4.79 Å². The summed E-state index contributed by atoms with van der Waals surface area (Å²) in [6.07, 6.45) is 1.77. The summed E-state index contributed by atoms with van der Waals surface area (Å²) in [5, 5.41) is 9.67. The van der Waals surface area contributed by atoms with Crippen molar-refractivity contribution in [2.75, 3.05) is 13.1 Å². The first kappa shape index (κ1) is 12.6. The van der Waals surface area contributed by atoms with E-state index in [1.54, 1.807) is 11.3 Å². The van der Waals surface area contributed by atoms with E-state index in [4.69, 9.17) is 0 Å². The first-order valence-electron chi connectivity index (χ1n) is 6.75. The van der Waals surface area contributed by atoms with Crippen LogP contribution in [-0.4, -0.2) is 19.0 Å². The number of thiophene rings is 1. The number of nitrogens with one attached hydrogen (secondary N) is 2. The van der Waals surface area contributed by atoms with Crippen molar-refractivity contribution in [1.29, 1.82) is 0 Å². The van der Waals surface area contributed by atoms with Crippen molar-refractivity contribution in [2.45, 2.75) is 19.4 Å². The van der Waals surface area contributed by atoms with E-state index in [-0.39, 0.29) is 5.91 Å². The Balaban J connectivity index is 1.54. The maximum Gasteiger partial charge on any atom is 0.220 e. The summed E-state index contributed by atoms with van der Waals surface area (Å²) in [6, 6.07) is 8.50. The van der Waals surface area contributed by atoms with E-state index in [1.165, 1.54) is 15.6 Å². The Morgan fingerprint density at radius 2 is 2.37 bits per heavy atom. The van der Waals surface area contributed by atoms with Crippen molar-refractivity contribution in [2.24, 2.45) is 5.92 Å². The van der Waals surface area contributed by atoms with Crippen molar-refractivity contribution >= 4 is 27.3 Å². The first-order chi connectivity index (χ1) is 9.31. The second-order valence-electron chi connectivity index (χ2n) is 5.13. The molecule has 100 valence electrons. The molecule has 1 atom stereocenters. The lowest BCUT2D eigenvalue weighted by Gasteiger charge is -2.09. The number of benzene rings is 1. The predicted molar refractivity (Wildman–Crippen MR) is 79.3 cm³/mol. The van der Waals surface area contributed by atoms with E-state index < -0.39 is 0 Å². The van der Waals surface area contributed by atoms with Gasteiger partial charge >= 0.3 is 0 Å². The van der Waals surface area contributed by atoms with Gasteiger partial charge in [-0.2, -0.15) is 0 Å². The first-order valence-corrected chi connectivity index (χ1v) is 7.63. The maximum absolute atomic E-state index is 11.8. The molecule has 19 heavy (non-hydrogen) atoms. The van der Waals surface area contributed by atoms with Gasteiger partial charge in [-0.1, -0.05) is 6.07 Å². The van der Waals surface area contributed by atoms with Crippen LogP contribution in [-0.2, 0) is 11.3 Å². The maximum atomic E-state index is 11.8. The van der Waals surface area contributed by atoms with Crippen LogP contribution >= 0.6 is 11.3 Å². The van der Waals surface area contributed by atoms with Gasteiger partial charge in [0.25, 0.3) is 0 Å². The quantitative estimate of drug-likeness (QED) is 0.899. The van der Waals surface area contributed by atoms with E-state index >= 15 is 0 Å². The summed E-state index contributed by atoms with van der Waals surface area (Å²) in [7, 11) is 0. The highest BCUT2D eigenvalue weighted by Gasteiger charge is 2.17. The lowest BCUT2D eigenvalue weighted by atomic mass is 10.0. The number of fused-ring (bicyclic) bond motifs is 1. The molecule has 2 heterocycles. The molecule has 0 saturated carbocycles. The van der Waals surface area contributed by atoms with Crippen LogP contribution in [0.1, 0.15) is 18.4 Å². The Bertz CT molecular complexity index is 572. The lowest BCUT2D eigenvalue weighted by molar-refractivity contribution is -0.122. The molecular weight excluding hydrogens is 256 g/mol. The average Bonchev–Trinajstić information content (AvgIpc) is 3.06. The van der Waals surface area contributed by atoms with Gasteiger partial charge in [-0.05, 0) is 60.0 Å². The van der Waals surface area contributed by atoms with Crippen molar-refractivity contribution in [3.8, 4) is 0 Å². The van der Waals surface area contributed by atoms with Gasteiger partial charge in [0.15, 0.2) is 0 Å². The minimum absolute atomic E-state index is 0.166. The highest BCUT2D eigenvalue weighted by Crippen LogP contribution is 2.21. The zero-order chi connectivity index (χ0) is 13.1. The highest BCUT2D eigenvalue weighted by molar-refractivity contribution is 7.17. The topological polar surface area (TPSA) is 41.1 Å². The van der Waals surface area contributed by atoms with E-state index in [0.717, 1.165) is 19.5 Å². The monoisotopic (exact) mass is 274 g/mol. The Hall–Kier alpha value is -1.39. The van der Waals surface area contributed by atoms with Gasteiger partial charge in [0.1, 0.15) is 0 Å². The normalized spacial score (nSPS) is 18.8. The van der Waals surface area contributed by atoms with Crippen molar-refractivity contribution in [3.05, 3.63) is 35.2 Å². The van der Waals surface area contributed by atoms with Crippen LogP contribution in [0.2, 0.25) is 0 Å². The van der Waals surface area contributed by atoms with Gasteiger partial charge in [0.2, 0.25) is 5.91 Å². The van der Waals surface area contributed by atoms with Crippen LogP contribution in [0.15, 0.2) is 29.6 Å². The molecule has 1 fully saturated rings. The van der Waals surface area contributed by atoms with E-state index in [9.17, 15) is 4.79 Å². The Kier molecular flexibility index (Phi) is 3.80. The summed E-state index contributed by atoms with van der Waals surface area (Å²) in [5.74, 6) is 0.679. The minimum Gasteiger partial charge on any atom is -0.352 e. The van der Waals surface area contributed by atoms with Crippen LogP contribution in [0, 0.1) is 5.92 Å². The molecular formula is C15H18N2OS. The van der Waals surface area contributed by atoms with Gasteiger partial charge in [0, 0.05) is 17.7 Å². The fourth-order valence-corrected chi connectivity index (χ4v) is 3.32. The van der Waals surface area contributed by atoms with Crippen LogP contribution in [0.25, 0.3) is 10.1 Å². The Labute approximate surface area is 117 Å². The molecule has 0 bridgehead atoms. The minimum atomic E-state index is 0.166. The third-order valence-electron chi connectivity index (χ3n) is 3.64. The SMILES string of the molecule is O=C(C[C@H]1CCNC1)NCc1ccc2sccc2c1. The fourth-order valence-electron chi connectivity index (χ4n) is 2.55. The smallest absolute Gasteiger partial charge is 0.220 e. The van der Waals surface area contributed by atoms with Crippen LogP contribution in [0.4, 0.5) is 0 Å². The molecule has 0 unspecified atom stereocenters. The molecule has 1 saturated heterocycles. The summed E-state index contributed by atoms with van der Waals surface area (Å²) >= 11 is 1.75. The van der Waals surface area contributed by atoms with Crippen LogP contribution in [0.5, 0.6) is 0 Å². The fraction of sp³-hybridized carbons (Fsp3) is 0.400. The van der Waals surface area contributed by atoms with E-state index in [1.807, 2.05) is 0 Å². The zero-order valence-electron chi connectivity index (χ0n) is 10.8. The van der Waals surface area contributed by atoms with Gasteiger partial charge in [-0.25, -0.2) is 0 Å². The molecule has 4 heteroatoms. The number of rotatable bonds is 4. The van der Waals surface area contributed by atoms with Gasteiger partial charge in [-0.3, -0.25) is 4.79 Å². The lowest BCUT2D eigenvalue weighted by Crippen LogP contribution is -2.25. The number of carbonyl (C=O) groups is 1. The summed E-state index contributed by atoms with van der Waals surface area (Å²) in [4.78, 5) is 11.8. The van der Waals surface area contributed by atoms with Crippen LogP contribution in [0.3, 0.4) is 0 Å². The molecule has 1 aliphatic rings. The largest absolute Gasteiger partial charge is 0.352 e. The van der Waals surface area contributed by atoms with Gasteiger partial charge < -0.3 is 10.6 Å². The number of hydrogen-bond donors (Lipinski definition) is 2. The predicted octanol–water partition coefficient (Wildman–Crippen LogP) is 2.52. The van der Waals surface area contributed by atoms with Gasteiger partial charge in [-0.15, -0.1) is 11.3 Å². The second kappa shape index (κ2) is 5.72. The Morgan fingerprint density at radius 3 is 3.21 bits per heavy atom. The average molecular weight is 274 g/mol.